The van der Waals surface area contributed by atoms with E-state index >= 15 is 0 Å². The summed E-state index contributed by atoms with van der Waals surface area (Å²) in [4.78, 5) is 22.3. The van der Waals surface area contributed by atoms with Crippen molar-refractivity contribution in [1.29, 1.82) is 0 Å². The predicted octanol–water partition coefficient (Wildman–Crippen LogP) is 4.98. The van der Waals surface area contributed by atoms with E-state index < -0.39 is 5.91 Å². The molecule has 0 radical (unpaired) electrons. The van der Waals surface area contributed by atoms with Crippen LogP contribution in [0.25, 0.3) is 32.4 Å². The maximum Gasteiger partial charge on any atom is 0.251 e. The molecule has 1 aliphatic rings. The van der Waals surface area contributed by atoms with E-state index in [1.54, 1.807) is 18.3 Å². The average molecular weight is 427 g/mol. The molecule has 5 nitrogen and oxygen atoms in total. The van der Waals surface area contributed by atoms with Crippen molar-refractivity contribution >= 4 is 17.2 Å². The van der Waals surface area contributed by atoms with E-state index in [0.717, 1.165) is 34.5 Å². The molecule has 2 aromatic heterocycles. The second-order valence-electron chi connectivity index (χ2n) is 7.91. The van der Waals surface area contributed by atoms with E-state index in [4.69, 9.17) is 16.5 Å². The molecule has 0 atom stereocenters. The van der Waals surface area contributed by atoms with Gasteiger partial charge in [-0.3, -0.25) is 9.78 Å². The Bertz CT molecular complexity index is 1240. The number of benzene rings is 2. The number of thiazole rings is 1. The molecule has 1 amide bonds. The van der Waals surface area contributed by atoms with Crippen LogP contribution in [-0.2, 0) is 5.54 Å². The zero-order chi connectivity index (χ0) is 21.4. The highest BCUT2D eigenvalue weighted by atomic mass is 32.1. The highest BCUT2D eigenvalue weighted by Gasteiger charge is 2.34. The van der Waals surface area contributed by atoms with Crippen LogP contribution in [0.2, 0.25) is 0 Å². The van der Waals surface area contributed by atoms with Crippen molar-refractivity contribution in [2.75, 3.05) is 0 Å². The van der Waals surface area contributed by atoms with Gasteiger partial charge in [0, 0.05) is 17.3 Å². The summed E-state index contributed by atoms with van der Waals surface area (Å²) in [6.45, 7) is 0. The van der Waals surface area contributed by atoms with Crippen molar-refractivity contribution in [1.82, 2.24) is 9.97 Å². The number of carbonyl (C=O) groups excluding carboxylic acids is 1. The molecular weight excluding hydrogens is 404 g/mol. The normalized spacial score (nSPS) is 14.7. The first-order chi connectivity index (χ1) is 15.0. The Labute approximate surface area is 184 Å². The van der Waals surface area contributed by atoms with Crippen LogP contribution in [0.1, 0.15) is 35.2 Å². The van der Waals surface area contributed by atoms with Gasteiger partial charge in [-0.1, -0.05) is 54.6 Å². The van der Waals surface area contributed by atoms with Gasteiger partial charge in [0.2, 0.25) is 0 Å². The van der Waals surface area contributed by atoms with E-state index in [2.05, 4.69) is 41.4 Å². The number of carbonyl (C=O) groups is 1. The van der Waals surface area contributed by atoms with Crippen LogP contribution in [0.5, 0.6) is 0 Å². The molecule has 31 heavy (non-hydrogen) atoms. The highest BCUT2D eigenvalue weighted by Crippen LogP contribution is 2.42. The quantitative estimate of drug-likeness (QED) is 0.471. The Morgan fingerprint density at radius 2 is 1.65 bits per heavy atom. The average Bonchev–Trinajstić information content (AvgIpc) is 3.23. The van der Waals surface area contributed by atoms with Gasteiger partial charge in [0.25, 0.3) is 5.91 Å². The number of rotatable bonds is 5. The fraction of sp³-hybridized carbons (Fsp3) is 0.160. The summed E-state index contributed by atoms with van der Waals surface area (Å²) in [6, 6.07) is 21.9. The molecular formula is C25H22N4OS. The lowest BCUT2D eigenvalue weighted by Gasteiger charge is -2.38. The minimum absolute atomic E-state index is 0.196. The first kappa shape index (κ1) is 19.6. The summed E-state index contributed by atoms with van der Waals surface area (Å²) in [5.74, 6) is -0.515. The Kier molecular flexibility index (Phi) is 4.88. The topological polar surface area (TPSA) is 94.9 Å². The summed E-state index contributed by atoms with van der Waals surface area (Å²) >= 11 is 1.51. The molecule has 0 unspecified atom stereocenters. The summed E-state index contributed by atoms with van der Waals surface area (Å²) in [5, 5.41) is 0.668. The molecule has 0 saturated heterocycles. The van der Waals surface area contributed by atoms with E-state index in [1.807, 2.05) is 18.2 Å². The lowest BCUT2D eigenvalue weighted by Crippen LogP contribution is -2.43. The molecule has 2 heterocycles. The van der Waals surface area contributed by atoms with Crippen LogP contribution in [0.15, 0.2) is 72.9 Å². The fourth-order valence-corrected chi connectivity index (χ4v) is 5.09. The molecule has 4 aromatic rings. The molecule has 1 fully saturated rings. The van der Waals surface area contributed by atoms with E-state index in [-0.39, 0.29) is 5.54 Å². The van der Waals surface area contributed by atoms with Crippen molar-refractivity contribution in [2.24, 2.45) is 11.5 Å². The Hall–Kier alpha value is -3.35. The van der Waals surface area contributed by atoms with Crippen molar-refractivity contribution in [3.05, 3.63) is 84.1 Å². The number of primary amides is 1. The standard InChI is InChI=1S/C25H22N4OS/c26-23(30)19-8-4-15-28-21(19)24-29-20(22(31-24)17-6-2-1-3-7-17)16-9-11-18(12-10-16)25(27)13-5-14-25/h1-4,6-12,15H,5,13-14,27H2,(H2,26,30). The number of hydrogen-bond acceptors (Lipinski definition) is 5. The van der Waals surface area contributed by atoms with Gasteiger partial charge in [0.05, 0.1) is 16.1 Å². The van der Waals surface area contributed by atoms with Gasteiger partial charge in [-0.2, -0.15) is 0 Å². The third kappa shape index (κ3) is 3.54. The first-order valence-corrected chi connectivity index (χ1v) is 11.1. The third-order valence-corrected chi connectivity index (χ3v) is 7.03. The van der Waals surface area contributed by atoms with Gasteiger partial charge in [0.15, 0.2) is 0 Å². The van der Waals surface area contributed by atoms with E-state index in [9.17, 15) is 4.79 Å². The number of pyridine rings is 1. The summed E-state index contributed by atoms with van der Waals surface area (Å²) < 4.78 is 0. The van der Waals surface area contributed by atoms with Gasteiger partial charge in [-0.25, -0.2) is 4.98 Å². The number of nitrogens with two attached hydrogens (primary N) is 2. The Morgan fingerprint density at radius 3 is 2.29 bits per heavy atom. The zero-order valence-electron chi connectivity index (χ0n) is 16.9. The second kappa shape index (κ2) is 7.72. The van der Waals surface area contributed by atoms with Crippen LogP contribution in [-0.4, -0.2) is 15.9 Å². The van der Waals surface area contributed by atoms with Gasteiger partial charge in [0.1, 0.15) is 10.7 Å². The lowest BCUT2D eigenvalue weighted by atomic mass is 9.72. The molecule has 1 saturated carbocycles. The zero-order valence-corrected chi connectivity index (χ0v) is 17.7. The molecule has 2 aromatic carbocycles. The number of nitrogens with zero attached hydrogens (tertiary/aromatic N) is 2. The molecule has 0 spiro atoms. The number of amides is 1. The van der Waals surface area contributed by atoms with Gasteiger partial charge in [-0.15, -0.1) is 11.3 Å². The summed E-state index contributed by atoms with van der Waals surface area (Å²) in [7, 11) is 0. The highest BCUT2D eigenvalue weighted by molar-refractivity contribution is 7.19. The van der Waals surface area contributed by atoms with Crippen molar-refractivity contribution in [2.45, 2.75) is 24.8 Å². The van der Waals surface area contributed by atoms with Gasteiger partial charge < -0.3 is 11.5 Å². The van der Waals surface area contributed by atoms with Crippen LogP contribution in [0, 0.1) is 0 Å². The van der Waals surface area contributed by atoms with Crippen molar-refractivity contribution in [3.8, 4) is 32.4 Å². The minimum atomic E-state index is -0.515. The SMILES string of the molecule is NC(=O)c1cccnc1-c1nc(-c2ccc(C3(N)CCC3)cc2)c(-c2ccccc2)s1. The molecule has 0 bridgehead atoms. The Morgan fingerprint density at radius 1 is 0.903 bits per heavy atom. The molecule has 5 rings (SSSR count). The van der Waals surface area contributed by atoms with Crippen molar-refractivity contribution < 1.29 is 4.79 Å². The molecule has 1 aliphatic carbocycles. The number of aromatic nitrogens is 2. The first-order valence-electron chi connectivity index (χ1n) is 10.3. The molecule has 0 aliphatic heterocycles. The van der Waals surface area contributed by atoms with E-state index in [0.29, 0.717) is 16.3 Å². The van der Waals surface area contributed by atoms with E-state index in [1.165, 1.54) is 23.3 Å². The molecule has 154 valence electrons. The monoisotopic (exact) mass is 426 g/mol. The molecule has 4 N–H and O–H groups in total. The summed E-state index contributed by atoms with van der Waals surface area (Å²) in [5.41, 5.74) is 16.9. The van der Waals surface area contributed by atoms with Crippen LogP contribution >= 0.6 is 11.3 Å². The minimum Gasteiger partial charge on any atom is -0.366 e. The van der Waals surface area contributed by atoms with Crippen LogP contribution < -0.4 is 11.5 Å². The maximum atomic E-state index is 11.9. The number of hydrogen-bond donors (Lipinski definition) is 2. The van der Waals surface area contributed by atoms with Crippen LogP contribution in [0.3, 0.4) is 0 Å². The second-order valence-corrected chi connectivity index (χ2v) is 8.91. The lowest BCUT2D eigenvalue weighted by molar-refractivity contribution is 0.100. The van der Waals surface area contributed by atoms with Crippen LogP contribution in [0.4, 0.5) is 0 Å². The van der Waals surface area contributed by atoms with Gasteiger partial charge >= 0.3 is 0 Å². The Balaban J connectivity index is 1.64. The predicted molar refractivity (Wildman–Crippen MR) is 124 cm³/mol. The molecule has 6 heteroatoms. The fourth-order valence-electron chi connectivity index (χ4n) is 3.98. The summed E-state index contributed by atoms with van der Waals surface area (Å²) in [6.07, 6.45) is 4.88. The maximum absolute atomic E-state index is 11.9. The smallest absolute Gasteiger partial charge is 0.251 e. The third-order valence-electron chi connectivity index (χ3n) is 5.92. The van der Waals surface area contributed by atoms with Gasteiger partial charge in [-0.05, 0) is 42.5 Å². The van der Waals surface area contributed by atoms with Crippen molar-refractivity contribution in [3.63, 3.8) is 0 Å². The largest absolute Gasteiger partial charge is 0.366 e.